The van der Waals surface area contributed by atoms with Crippen molar-refractivity contribution < 1.29 is 9.90 Å². The van der Waals surface area contributed by atoms with Gasteiger partial charge in [0.05, 0.1) is 22.3 Å². The van der Waals surface area contributed by atoms with Crippen LogP contribution in [-0.4, -0.2) is 26.0 Å². The summed E-state index contributed by atoms with van der Waals surface area (Å²) in [6.07, 6.45) is 0. The van der Waals surface area contributed by atoms with Crippen LogP contribution >= 0.6 is 0 Å². The molecule has 5 nitrogen and oxygen atoms in total. The maximum Gasteiger partial charge on any atom is 0.338 e. The molecule has 0 aliphatic heterocycles. The van der Waals surface area contributed by atoms with Crippen LogP contribution in [0, 0.1) is 0 Å². The zero-order valence-electron chi connectivity index (χ0n) is 25.8. The van der Waals surface area contributed by atoms with Crippen molar-refractivity contribution in [2.75, 3.05) is 0 Å². The molecular weight excluding hydrogens is 590 g/mol. The number of carbonyl (C=O) groups is 1. The minimum absolute atomic E-state index is 0.144. The predicted octanol–water partition coefficient (Wildman–Crippen LogP) is 10.7. The van der Waals surface area contributed by atoms with E-state index < -0.39 is 5.97 Å². The smallest absolute Gasteiger partial charge is 0.338 e. The predicted molar refractivity (Wildman–Crippen MR) is 193 cm³/mol. The molecule has 0 aliphatic rings. The maximum absolute atomic E-state index is 13.0. The number of H-pyrrole nitrogens is 1. The third-order valence-electron chi connectivity index (χ3n) is 8.66. The first-order valence-electron chi connectivity index (χ1n) is 15.8. The highest BCUT2D eigenvalue weighted by molar-refractivity contribution is 6.13. The van der Waals surface area contributed by atoms with Gasteiger partial charge in [0.1, 0.15) is 5.65 Å². The number of hydrogen-bond acceptors (Lipinski definition) is 3. The first kappa shape index (κ1) is 28.9. The number of aromatic carboxylic acids is 1. The number of nitrogens with zero attached hydrogens (tertiary/aromatic N) is 2. The van der Waals surface area contributed by atoms with Crippen LogP contribution in [0.25, 0.3) is 78.3 Å². The lowest BCUT2D eigenvalue weighted by Crippen LogP contribution is -2.00. The second-order valence-corrected chi connectivity index (χ2v) is 11.6. The van der Waals surface area contributed by atoms with Gasteiger partial charge in [0, 0.05) is 11.1 Å². The van der Waals surface area contributed by atoms with E-state index in [0.29, 0.717) is 28.2 Å². The molecule has 0 aliphatic carbocycles. The summed E-state index contributed by atoms with van der Waals surface area (Å²) in [6.45, 7) is 0. The van der Waals surface area contributed by atoms with E-state index in [4.69, 9.17) is 9.97 Å². The summed E-state index contributed by atoms with van der Waals surface area (Å²) < 4.78 is 0. The van der Waals surface area contributed by atoms with E-state index in [1.54, 1.807) is 0 Å². The first-order valence-corrected chi connectivity index (χ1v) is 15.8. The van der Waals surface area contributed by atoms with Gasteiger partial charge in [-0.3, -0.25) is 0 Å². The minimum Gasteiger partial charge on any atom is -0.478 e. The van der Waals surface area contributed by atoms with Crippen LogP contribution < -0.4 is 0 Å². The van der Waals surface area contributed by atoms with Crippen LogP contribution in [0.1, 0.15) is 10.4 Å². The Morgan fingerprint density at radius 2 is 0.812 bits per heavy atom. The van der Waals surface area contributed by atoms with Crippen molar-refractivity contribution in [3.05, 3.63) is 169 Å². The van der Waals surface area contributed by atoms with Gasteiger partial charge < -0.3 is 10.1 Å². The highest BCUT2D eigenvalue weighted by atomic mass is 16.4. The van der Waals surface area contributed by atoms with Gasteiger partial charge in [0.15, 0.2) is 5.82 Å². The summed E-state index contributed by atoms with van der Waals surface area (Å²) in [5.41, 5.74) is 10.6. The van der Waals surface area contributed by atoms with E-state index in [0.717, 1.165) is 50.1 Å². The third kappa shape index (κ3) is 5.44. The molecule has 5 heteroatoms. The molecule has 6 aromatic carbocycles. The molecule has 8 aromatic rings. The molecule has 48 heavy (non-hydrogen) atoms. The first-order chi connectivity index (χ1) is 23.6. The van der Waals surface area contributed by atoms with Crippen LogP contribution in [0.2, 0.25) is 0 Å². The number of rotatable bonds is 7. The Bertz CT molecular complexity index is 2370. The fraction of sp³-hybridized carbons (Fsp3) is 0. The lowest BCUT2D eigenvalue weighted by atomic mass is 9.98. The lowest BCUT2D eigenvalue weighted by molar-refractivity contribution is 0.0700. The fourth-order valence-electron chi connectivity index (χ4n) is 6.22. The molecule has 0 saturated heterocycles. The number of aromatic amines is 1. The van der Waals surface area contributed by atoms with Gasteiger partial charge in [0.2, 0.25) is 0 Å². The molecule has 0 saturated carbocycles. The normalized spacial score (nSPS) is 11.1. The number of hydrogen-bond donors (Lipinski definition) is 2. The molecule has 8 rings (SSSR count). The van der Waals surface area contributed by atoms with Gasteiger partial charge >= 0.3 is 5.97 Å². The Morgan fingerprint density at radius 3 is 1.25 bits per heavy atom. The second kappa shape index (κ2) is 12.3. The summed E-state index contributed by atoms with van der Waals surface area (Å²) in [4.78, 5) is 26.4. The topological polar surface area (TPSA) is 78.9 Å². The highest BCUT2D eigenvalue weighted by Crippen LogP contribution is 2.38. The molecule has 2 aromatic heterocycles. The van der Waals surface area contributed by atoms with Crippen molar-refractivity contribution >= 4 is 17.0 Å². The number of benzene rings is 6. The van der Waals surface area contributed by atoms with Crippen molar-refractivity contribution in [3.63, 3.8) is 0 Å². The van der Waals surface area contributed by atoms with E-state index in [-0.39, 0.29) is 5.56 Å². The fourth-order valence-corrected chi connectivity index (χ4v) is 6.22. The van der Waals surface area contributed by atoms with Crippen molar-refractivity contribution in [3.8, 4) is 67.3 Å². The Hall–Kier alpha value is -6.59. The zero-order valence-corrected chi connectivity index (χ0v) is 25.8. The van der Waals surface area contributed by atoms with Gasteiger partial charge in [-0.05, 0) is 38.9 Å². The van der Waals surface area contributed by atoms with Crippen molar-refractivity contribution in [1.82, 2.24) is 15.0 Å². The standard InChI is InChI=1S/C43H29N3O2/c47-43(48)38-37-39(34-22-16-31(17-23-34)28-10-4-1-5-11-28)44-41(36-26-20-33(21-27-36)30-14-8-3-9-15-30)46-42(37)45-40(38)35-24-18-32(19-25-35)29-12-6-2-7-13-29/h1-27H,(H,47,48)(H,44,45,46). The maximum atomic E-state index is 13.0. The summed E-state index contributed by atoms with van der Waals surface area (Å²) >= 11 is 0. The van der Waals surface area contributed by atoms with Crippen molar-refractivity contribution in [2.24, 2.45) is 0 Å². The molecule has 0 atom stereocenters. The number of nitrogens with one attached hydrogen (secondary N) is 1. The monoisotopic (exact) mass is 619 g/mol. The molecular formula is C43H29N3O2. The van der Waals surface area contributed by atoms with E-state index in [2.05, 4.69) is 53.5 Å². The van der Waals surface area contributed by atoms with E-state index in [1.807, 2.05) is 115 Å². The van der Waals surface area contributed by atoms with Crippen LogP contribution in [-0.2, 0) is 0 Å². The SMILES string of the molecule is O=C(O)c1c(-c2ccc(-c3ccccc3)cc2)[nH]c2nc(-c3ccc(-c4ccccc4)cc3)nc(-c3ccc(-c4ccccc4)cc3)c12. The number of carboxylic acids is 1. The molecule has 0 amide bonds. The third-order valence-corrected chi connectivity index (χ3v) is 8.66. The van der Waals surface area contributed by atoms with E-state index in [9.17, 15) is 9.90 Å². The molecule has 0 radical (unpaired) electrons. The Morgan fingerprint density at radius 1 is 0.438 bits per heavy atom. The van der Waals surface area contributed by atoms with Crippen LogP contribution in [0.3, 0.4) is 0 Å². The van der Waals surface area contributed by atoms with Gasteiger partial charge in [0.25, 0.3) is 0 Å². The Kier molecular flexibility index (Phi) is 7.40. The van der Waals surface area contributed by atoms with Gasteiger partial charge in [-0.2, -0.15) is 0 Å². The zero-order chi connectivity index (χ0) is 32.5. The summed E-state index contributed by atoms with van der Waals surface area (Å²) in [5, 5.41) is 11.1. The van der Waals surface area contributed by atoms with Gasteiger partial charge in [-0.1, -0.05) is 164 Å². The summed E-state index contributed by atoms with van der Waals surface area (Å²) in [7, 11) is 0. The molecule has 0 bridgehead atoms. The Labute approximate surface area is 277 Å². The largest absolute Gasteiger partial charge is 0.478 e. The average molecular weight is 620 g/mol. The molecule has 228 valence electrons. The van der Waals surface area contributed by atoms with Crippen LogP contribution in [0.4, 0.5) is 0 Å². The molecule has 0 spiro atoms. The van der Waals surface area contributed by atoms with Crippen LogP contribution in [0.5, 0.6) is 0 Å². The van der Waals surface area contributed by atoms with Gasteiger partial charge in [-0.15, -0.1) is 0 Å². The van der Waals surface area contributed by atoms with Crippen molar-refractivity contribution in [1.29, 1.82) is 0 Å². The van der Waals surface area contributed by atoms with Gasteiger partial charge in [-0.25, -0.2) is 14.8 Å². The molecule has 2 heterocycles. The van der Waals surface area contributed by atoms with Crippen LogP contribution in [0.15, 0.2) is 164 Å². The lowest BCUT2D eigenvalue weighted by Gasteiger charge is -2.10. The highest BCUT2D eigenvalue weighted by Gasteiger charge is 2.25. The van der Waals surface area contributed by atoms with Crippen molar-refractivity contribution in [2.45, 2.75) is 0 Å². The molecule has 2 N–H and O–H groups in total. The molecule has 0 unspecified atom stereocenters. The van der Waals surface area contributed by atoms with E-state index >= 15 is 0 Å². The minimum atomic E-state index is -1.05. The molecule has 0 fully saturated rings. The summed E-state index contributed by atoms with van der Waals surface area (Å²) in [5.74, 6) is -0.539. The second-order valence-electron chi connectivity index (χ2n) is 11.6. The Balaban J connectivity index is 1.29. The van der Waals surface area contributed by atoms with E-state index in [1.165, 1.54) is 0 Å². The average Bonchev–Trinajstić information content (AvgIpc) is 3.56. The number of carboxylic acid groups (broad SMARTS) is 1. The number of fused-ring (bicyclic) bond motifs is 1. The quantitative estimate of drug-likeness (QED) is 0.186. The number of aromatic nitrogens is 3. The summed E-state index contributed by atoms with van der Waals surface area (Å²) in [6, 6.07) is 54.6.